The van der Waals surface area contributed by atoms with Gasteiger partial charge < -0.3 is 14.6 Å². The summed E-state index contributed by atoms with van der Waals surface area (Å²) >= 11 is 0. The van der Waals surface area contributed by atoms with Gasteiger partial charge in [-0.1, -0.05) is 0 Å². The lowest BCUT2D eigenvalue weighted by Gasteiger charge is -2.14. The SMILES string of the molecule is COc1cc2ccn(C)c2cc1CC1CCCN1. The molecule has 1 unspecified atom stereocenters. The predicted molar refractivity (Wildman–Crippen MR) is 74.2 cm³/mol. The first-order valence-corrected chi connectivity index (χ1v) is 6.63. The molecule has 2 aromatic rings. The summed E-state index contributed by atoms with van der Waals surface area (Å²) in [6, 6.07) is 7.17. The van der Waals surface area contributed by atoms with Crippen molar-refractivity contribution in [2.24, 2.45) is 7.05 Å². The lowest BCUT2D eigenvalue weighted by molar-refractivity contribution is 0.407. The van der Waals surface area contributed by atoms with Crippen molar-refractivity contribution < 1.29 is 4.74 Å². The largest absolute Gasteiger partial charge is 0.496 e. The van der Waals surface area contributed by atoms with Gasteiger partial charge in [0.15, 0.2) is 0 Å². The zero-order valence-electron chi connectivity index (χ0n) is 11.1. The average molecular weight is 244 g/mol. The minimum absolute atomic E-state index is 0.608. The van der Waals surface area contributed by atoms with Gasteiger partial charge in [-0.2, -0.15) is 0 Å². The van der Waals surface area contributed by atoms with Crippen LogP contribution in [-0.2, 0) is 13.5 Å². The standard InChI is InChI=1S/C15H20N2O/c1-17-7-5-11-10-15(18-2)12(9-14(11)17)8-13-4-3-6-16-13/h5,7,9-10,13,16H,3-4,6,8H2,1-2H3. The smallest absolute Gasteiger partial charge is 0.122 e. The maximum absolute atomic E-state index is 5.54. The van der Waals surface area contributed by atoms with Crippen molar-refractivity contribution in [1.82, 2.24) is 9.88 Å². The van der Waals surface area contributed by atoms with Gasteiger partial charge in [-0.05, 0) is 49.6 Å². The van der Waals surface area contributed by atoms with E-state index in [4.69, 9.17) is 4.74 Å². The lowest BCUT2D eigenvalue weighted by Crippen LogP contribution is -2.23. The molecule has 1 aliphatic rings. The van der Waals surface area contributed by atoms with E-state index in [9.17, 15) is 0 Å². The number of hydrogen-bond acceptors (Lipinski definition) is 2. The van der Waals surface area contributed by atoms with Gasteiger partial charge in [0.25, 0.3) is 0 Å². The number of fused-ring (bicyclic) bond motifs is 1. The first kappa shape index (κ1) is 11.6. The van der Waals surface area contributed by atoms with Crippen molar-refractivity contribution in [1.29, 1.82) is 0 Å². The highest BCUT2D eigenvalue weighted by molar-refractivity contribution is 5.83. The molecule has 2 heterocycles. The number of rotatable bonds is 3. The molecule has 1 aliphatic heterocycles. The molecule has 3 heteroatoms. The molecular formula is C15H20N2O. The van der Waals surface area contributed by atoms with Crippen LogP contribution in [0.2, 0.25) is 0 Å². The third kappa shape index (κ3) is 1.99. The van der Waals surface area contributed by atoms with E-state index >= 15 is 0 Å². The van der Waals surface area contributed by atoms with Gasteiger partial charge in [-0.15, -0.1) is 0 Å². The number of aromatic nitrogens is 1. The van der Waals surface area contributed by atoms with Crippen LogP contribution in [0.25, 0.3) is 10.9 Å². The summed E-state index contributed by atoms with van der Waals surface area (Å²) in [5.74, 6) is 1.02. The summed E-state index contributed by atoms with van der Waals surface area (Å²) in [5, 5.41) is 4.80. The minimum atomic E-state index is 0.608. The fraction of sp³-hybridized carbons (Fsp3) is 0.467. The second-order valence-electron chi connectivity index (χ2n) is 5.15. The molecule has 1 saturated heterocycles. The molecule has 0 amide bonds. The monoisotopic (exact) mass is 244 g/mol. The van der Waals surface area contributed by atoms with E-state index in [0.717, 1.165) is 18.7 Å². The quantitative estimate of drug-likeness (QED) is 0.897. The topological polar surface area (TPSA) is 26.2 Å². The van der Waals surface area contributed by atoms with Crippen LogP contribution in [0.1, 0.15) is 18.4 Å². The number of ether oxygens (including phenoxy) is 1. The van der Waals surface area contributed by atoms with E-state index in [2.05, 4.69) is 41.3 Å². The van der Waals surface area contributed by atoms with Crippen LogP contribution in [0.3, 0.4) is 0 Å². The van der Waals surface area contributed by atoms with Crippen LogP contribution < -0.4 is 10.1 Å². The molecule has 1 aromatic carbocycles. The van der Waals surface area contributed by atoms with E-state index in [1.807, 2.05) is 0 Å². The van der Waals surface area contributed by atoms with Gasteiger partial charge in [0.05, 0.1) is 7.11 Å². The van der Waals surface area contributed by atoms with Crippen molar-refractivity contribution in [3.05, 3.63) is 30.0 Å². The zero-order valence-corrected chi connectivity index (χ0v) is 11.1. The molecule has 3 nitrogen and oxygen atoms in total. The number of aryl methyl sites for hydroxylation is 1. The molecule has 1 fully saturated rings. The molecule has 0 radical (unpaired) electrons. The Morgan fingerprint density at radius 1 is 1.44 bits per heavy atom. The van der Waals surface area contributed by atoms with Crippen molar-refractivity contribution in [3.63, 3.8) is 0 Å². The summed E-state index contributed by atoms with van der Waals surface area (Å²) in [6.07, 6.45) is 5.72. The summed E-state index contributed by atoms with van der Waals surface area (Å²) < 4.78 is 7.70. The summed E-state index contributed by atoms with van der Waals surface area (Å²) in [4.78, 5) is 0. The molecule has 96 valence electrons. The molecule has 1 atom stereocenters. The Balaban J connectivity index is 1.99. The van der Waals surface area contributed by atoms with Crippen LogP contribution in [0.15, 0.2) is 24.4 Å². The molecule has 0 spiro atoms. The third-order valence-electron chi connectivity index (χ3n) is 3.92. The van der Waals surface area contributed by atoms with E-state index < -0.39 is 0 Å². The van der Waals surface area contributed by atoms with Crippen LogP contribution in [-0.4, -0.2) is 24.3 Å². The van der Waals surface area contributed by atoms with Crippen LogP contribution in [0.4, 0.5) is 0 Å². The Hall–Kier alpha value is -1.48. The Kier molecular flexibility index (Phi) is 3.00. The van der Waals surface area contributed by atoms with Crippen molar-refractivity contribution in [2.45, 2.75) is 25.3 Å². The normalized spacial score (nSPS) is 19.6. The molecule has 1 N–H and O–H groups in total. The maximum Gasteiger partial charge on any atom is 0.122 e. The highest BCUT2D eigenvalue weighted by Gasteiger charge is 2.17. The molecule has 0 aliphatic carbocycles. The highest BCUT2D eigenvalue weighted by atomic mass is 16.5. The first-order chi connectivity index (χ1) is 8.78. The molecular weight excluding hydrogens is 224 g/mol. The Bertz CT molecular complexity index is 553. The van der Waals surface area contributed by atoms with E-state index in [-0.39, 0.29) is 0 Å². The Morgan fingerprint density at radius 2 is 2.33 bits per heavy atom. The second kappa shape index (κ2) is 4.65. The number of benzene rings is 1. The van der Waals surface area contributed by atoms with Gasteiger partial charge >= 0.3 is 0 Å². The number of nitrogens with one attached hydrogen (secondary N) is 1. The third-order valence-corrected chi connectivity index (χ3v) is 3.92. The Labute approximate surface area is 108 Å². The van der Waals surface area contributed by atoms with Gasteiger partial charge in [0.2, 0.25) is 0 Å². The van der Waals surface area contributed by atoms with E-state index in [1.165, 1.54) is 29.3 Å². The zero-order chi connectivity index (χ0) is 12.5. The number of methoxy groups -OCH3 is 1. The highest BCUT2D eigenvalue weighted by Crippen LogP contribution is 2.28. The first-order valence-electron chi connectivity index (χ1n) is 6.63. The lowest BCUT2D eigenvalue weighted by atomic mass is 10.0. The minimum Gasteiger partial charge on any atom is -0.496 e. The van der Waals surface area contributed by atoms with Crippen LogP contribution >= 0.6 is 0 Å². The maximum atomic E-state index is 5.54. The molecule has 0 bridgehead atoms. The fourth-order valence-corrected chi connectivity index (χ4v) is 2.88. The second-order valence-corrected chi connectivity index (χ2v) is 5.15. The molecule has 0 saturated carbocycles. The van der Waals surface area contributed by atoms with Crippen molar-refractivity contribution in [2.75, 3.05) is 13.7 Å². The van der Waals surface area contributed by atoms with Gasteiger partial charge in [0.1, 0.15) is 5.75 Å². The van der Waals surface area contributed by atoms with Crippen LogP contribution in [0, 0.1) is 0 Å². The average Bonchev–Trinajstić information content (AvgIpc) is 3.00. The van der Waals surface area contributed by atoms with E-state index in [0.29, 0.717) is 6.04 Å². The molecule has 3 rings (SSSR count). The van der Waals surface area contributed by atoms with Crippen molar-refractivity contribution >= 4 is 10.9 Å². The summed E-state index contributed by atoms with van der Waals surface area (Å²) in [6.45, 7) is 1.15. The number of hydrogen-bond donors (Lipinski definition) is 1. The van der Waals surface area contributed by atoms with Gasteiger partial charge in [0, 0.05) is 30.2 Å². The predicted octanol–water partition coefficient (Wildman–Crippen LogP) is 2.48. The summed E-state index contributed by atoms with van der Waals surface area (Å²) in [7, 11) is 3.85. The van der Waals surface area contributed by atoms with E-state index in [1.54, 1.807) is 7.11 Å². The van der Waals surface area contributed by atoms with Gasteiger partial charge in [-0.25, -0.2) is 0 Å². The fourth-order valence-electron chi connectivity index (χ4n) is 2.88. The number of nitrogens with zero attached hydrogens (tertiary/aromatic N) is 1. The molecule has 18 heavy (non-hydrogen) atoms. The molecule has 1 aromatic heterocycles. The Morgan fingerprint density at radius 3 is 3.06 bits per heavy atom. The summed E-state index contributed by atoms with van der Waals surface area (Å²) in [5.41, 5.74) is 2.59. The van der Waals surface area contributed by atoms with Crippen molar-refractivity contribution in [3.8, 4) is 5.75 Å². The van der Waals surface area contributed by atoms with Crippen LogP contribution in [0.5, 0.6) is 5.75 Å². The van der Waals surface area contributed by atoms with Gasteiger partial charge in [-0.3, -0.25) is 0 Å².